The molecule has 18 heavy (non-hydrogen) atoms. The molecule has 1 saturated heterocycles. The predicted octanol–water partition coefficient (Wildman–Crippen LogP) is 2.70. The molecule has 4 atom stereocenters. The SMILES string of the molecule is CO[C@H]1OC[C@H]2CCC3=CC(=O)CC[C@]3(C)[C@]21C. The van der Waals surface area contributed by atoms with Gasteiger partial charge < -0.3 is 9.47 Å². The van der Waals surface area contributed by atoms with Gasteiger partial charge in [0.1, 0.15) is 0 Å². The average molecular weight is 250 g/mol. The van der Waals surface area contributed by atoms with E-state index < -0.39 is 0 Å². The second-order valence-corrected chi connectivity index (χ2v) is 6.39. The summed E-state index contributed by atoms with van der Waals surface area (Å²) in [6.45, 7) is 5.39. The summed E-state index contributed by atoms with van der Waals surface area (Å²) in [5.74, 6) is 0.843. The molecular formula is C15H22O3. The number of ketones is 1. The van der Waals surface area contributed by atoms with Crippen molar-refractivity contribution in [1.82, 2.24) is 0 Å². The van der Waals surface area contributed by atoms with Crippen LogP contribution in [0.3, 0.4) is 0 Å². The quantitative estimate of drug-likeness (QED) is 0.718. The minimum absolute atomic E-state index is 0.00648. The van der Waals surface area contributed by atoms with Crippen LogP contribution in [0, 0.1) is 16.7 Å². The van der Waals surface area contributed by atoms with E-state index >= 15 is 0 Å². The molecule has 1 aliphatic heterocycles. The number of hydrogen-bond donors (Lipinski definition) is 0. The van der Waals surface area contributed by atoms with Crippen molar-refractivity contribution in [2.45, 2.75) is 45.8 Å². The molecule has 0 radical (unpaired) electrons. The average Bonchev–Trinajstić information content (AvgIpc) is 2.69. The first kappa shape index (κ1) is 12.4. The van der Waals surface area contributed by atoms with Crippen molar-refractivity contribution in [2.75, 3.05) is 13.7 Å². The second kappa shape index (κ2) is 3.91. The standard InChI is InChI=1S/C15H22O3/c1-14-7-6-12(16)8-10(14)4-5-11-9-18-13(17-3)15(11,14)2/h8,11,13H,4-7,9H2,1-3H3/t11-,13+,14+,15-/m1/s1. The van der Waals surface area contributed by atoms with Crippen LogP contribution in [0.1, 0.15) is 39.5 Å². The molecule has 0 aromatic heterocycles. The fourth-order valence-electron chi connectivity index (χ4n) is 4.40. The molecule has 1 saturated carbocycles. The monoisotopic (exact) mass is 250 g/mol. The third-order valence-corrected chi connectivity index (χ3v) is 5.87. The highest BCUT2D eigenvalue weighted by Crippen LogP contribution is 2.64. The largest absolute Gasteiger partial charge is 0.355 e. The summed E-state index contributed by atoms with van der Waals surface area (Å²) in [6.07, 6.45) is 5.53. The van der Waals surface area contributed by atoms with Crippen LogP contribution in [0.2, 0.25) is 0 Å². The summed E-state index contributed by atoms with van der Waals surface area (Å²) in [5, 5.41) is 0. The van der Waals surface area contributed by atoms with Crippen molar-refractivity contribution in [2.24, 2.45) is 16.7 Å². The lowest BCUT2D eigenvalue weighted by atomic mass is 9.49. The molecule has 3 nitrogen and oxygen atoms in total. The summed E-state index contributed by atoms with van der Waals surface area (Å²) < 4.78 is 11.4. The maximum Gasteiger partial charge on any atom is 0.163 e. The third-order valence-electron chi connectivity index (χ3n) is 5.87. The maximum atomic E-state index is 11.7. The van der Waals surface area contributed by atoms with Crippen LogP contribution in [0.25, 0.3) is 0 Å². The van der Waals surface area contributed by atoms with Gasteiger partial charge in [0, 0.05) is 18.9 Å². The Morgan fingerprint density at radius 1 is 1.39 bits per heavy atom. The Labute approximate surface area is 109 Å². The number of rotatable bonds is 1. The molecule has 0 amide bonds. The zero-order valence-corrected chi connectivity index (χ0v) is 11.5. The molecule has 0 aromatic rings. The number of fused-ring (bicyclic) bond motifs is 3. The van der Waals surface area contributed by atoms with Gasteiger partial charge in [0.25, 0.3) is 0 Å². The van der Waals surface area contributed by atoms with Gasteiger partial charge in [-0.05, 0) is 36.7 Å². The summed E-state index contributed by atoms with van der Waals surface area (Å²) in [4.78, 5) is 11.7. The van der Waals surface area contributed by atoms with E-state index in [-0.39, 0.29) is 22.9 Å². The molecule has 100 valence electrons. The highest BCUT2D eigenvalue weighted by molar-refractivity contribution is 5.91. The molecule has 0 unspecified atom stereocenters. The predicted molar refractivity (Wildman–Crippen MR) is 68.0 cm³/mol. The molecule has 3 heteroatoms. The molecule has 1 heterocycles. The van der Waals surface area contributed by atoms with Gasteiger partial charge in [0.05, 0.1) is 6.61 Å². The van der Waals surface area contributed by atoms with Gasteiger partial charge in [-0.3, -0.25) is 4.79 Å². The van der Waals surface area contributed by atoms with Crippen molar-refractivity contribution < 1.29 is 14.3 Å². The van der Waals surface area contributed by atoms with Gasteiger partial charge >= 0.3 is 0 Å². The van der Waals surface area contributed by atoms with E-state index in [4.69, 9.17) is 9.47 Å². The molecule has 0 N–H and O–H groups in total. The van der Waals surface area contributed by atoms with Gasteiger partial charge in [-0.2, -0.15) is 0 Å². The third kappa shape index (κ3) is 1.35. The van der Waals surface area contributed by atoms with E-state index in [1.54, 1.807) is 7.11 Å². The summed E-state index contributed by atoms with van der Waals surface area (Å²) in [7, 11) is 1.73. The Balaban J connectivity index is 2.08. The topological polar surface area (TPSA) is 35.5 Å². The molecule has 0 spiro atoms. The highest BCUT2D eigenvalue weighted by Gasteiger charge is 2.62. The number of methoxy groups -OCH3 is 1. The number of carbonyl (C=O) groups excluding carboxylic acids is 1. The Hall–Kier alpha value is -0.670. The molecule has 3 aliphatic rings. The number of ether oxygens (including phenoxy) is 2. The lowest BCUT2D eigenvalue weighted by Crippen LogP contribution is -2.53. The lowest BCUT2D eigenvalue weighted by molar-refractivity contribution is -0.176. The fourth-order valence-corrected chi connectivity index (χ4v) is 4.40. The molecule has 3 rings (SSSR count). The van der Waals surface area contributed by atoms with E-state index in [1.807, 2.05) is 6.08 Å². The maximum absolute atomic E-state index is 11.7. The van der Waals surface area contributed by atoms with E-state index in [0.29, 0.717) is 12.3 Å². The van der Waals surface area contributed by atoms with Crippen LogP contribution in [-0.2, 0) is 14.3 Å². The van der Waals surface area contributed by atoms with Crippen molar-refractivity contribution in [3.63, 3.8) is 0 Å². The zero-order chi connectivity index (χ0) is 13.0. The van der Waals surface area contributed by atoms with Crippen LogP contribution in [0.15, 0.2) is 11.6 Å². The first-order valence-corrected chi connectivity index (χ1v) is 6.90. The van der Waals surface area contributed by atoms with Crippen molar-refractivity contribution in [3.8, 4) is 0 Å². The smallest absolute Gasteiger partial charge is 0.163 e. The van der Waals surface area contributed by atoms with Gasteiger partial charge in [-0.15, -0.1) is 0 Å². The van der Waals surface area contributed by atoms with E-state index in [1.165, 1.54) is 5.57 Å². The van der Waals surface area contributed by atoms with E-state index in [9.17, 15) is 4.79 Å². The van der Waals surface area contributed by atoms with Crippen LogP contribution >= 0.6 is 0 Å². The van der Waals surface area contributed by atoms with Crippen molar-refractivity contribution >= 4 is 5.78 Å². The highest BCUT2D eigenvalue weighted by atomic mass is 16.7. The molecule has 2 aliphatic carbocycles. The summed E-state index contributed by atoms with van der Waals surface area (Å²) in [6, 6.07) is 0. The van der Waals surface area contributed by atoms with Gasteiger partial charge in [0.15, 0.2) is 12.1 Å². The van der Waals surface area contributed by atoms with Crippen LogP contribution in [0.5, 0.6) is 0 Å². The first-order chi connectivity index (χ1) is 8.52. The van der Waals surface area contributed by atoms with Crippen molar-refractivity contribution in [3.05, 3.63) is 11.6 Å². The number of carbonyl (C=O) groups is 1. The van der Waals surface area contributed by atoms with Crippen molar-refractivity contribution in [1.29, 1.82) is 0 Å². The molecule has 0 bridgehead atoms. The minimum atomic E-state index is -0.135. The van der Waals surface area contributed by atoms with E-state index in [0.717, 1.165) is 25.9 Å². The Bertz CT molecular complexity index is 406. The molecular weight excluding hydrogens is 228 g/mol. The second-order valence-electron chi connectivity index (χ2n) is 6.39. The van der Waals surface area contributed by atoms with E-state index in [2.05, 4.69) is 13.8 Å². The van der Waals surface area contributed by atoms with Crippen LogP contribution < -0.4 is 0 Å². The van der Waals surface area contributed by atoms with Crippen LogP contribution in [0.4, 0.5) is 0 Å². The van der Waals surface area contributed by atoms with Gasteiger partial charge in [0.2, 0.25) is 0 Å². The number of hydrogen-bond acceptors (Lipinski definition) is 3. The van der Waals surface area contributed by atoms with Gasteiger partial charge in [-0.25, -0.2) is 0 Å². The first-order valence-electron chi connectivity index (χ1n) is 6.90. The Morgan fingerprint density at radius 3 is 2.89 bits per heavy atom. The Kier molecular flexibility index (Phi) is 2.69. The summed E-state index contributed by atoms with van der Waals surface area (Å²) in [5.41, 5.74) is 1.39. The summed E-state index contributed by atoms with van der Waals surface area (Å²) >= 11 is 0. The normalized spacial score (nSPS) is 47.5. The molecule has 0 aromatic carbocycles. The minimum Gasteiger partial charge on any atom is -0.355 e. The fraction of sp³-hybridized carbons (Fsp3) is 0.800. The molecule has 2 fully saturated rings. The van der Waals surface area contributed by atoms with Crippen LogP contribution in [-0.4, -0.2) is 25.8 Å². The Morgan fingerprint density at radius 2 is 2.17 bits per heavy atom. The lowest BCUT2D eigenvalue weighted by Gasteiger charge is -2.55. The number of allylic oxidation sites excluding steroid dienone is 2. The van der Waals surface area contributed by atoms with Gasteiger partial charge in [-0.1, -0.05) is 19.4 Å². The zero-order valence-electron chi connectivity index (χ0n) is 11.5.